The molecule has 0 atom stereocenters. The highest BCUT2D eigenvalue weighted by Gasteiger charge is 1.96. The van der Waals surface area contributed by atoms with Gasteiger partial charge in [-0.1, -0.05) is 26.0 Å². The molecule has 0 fully saturated rings. The minimum absolute atomic E-state index is 0.345. The van der Waals surface area contributed by atoms with Gasteiger partial charge in [-0.15, -0.1) is 0 Å². The fraction of sp³-hybridized carbons (Fsp3) is 0.455. The van der Waals surface area contributed by atoms with E-state index in [2.05, 4.69) is 13.8 Å². The highest BCUT2D eigenvalue weighted by molar-refractivity contribution is 7.98. The second-order valence-corrected chi connectivity index (χ2v) is 4.61. The zero-order chi connectivity index (χ0) is 9.68. The molecular weight excluding hydrogens is 180 g/mol. The first-order chi connectivity index (χ1) is 6.18. The van der Waals surface area contributed by atoms with Crippen LogP contribution in [0.3, 0.4) is 0 Å². The second-order valence-electron chi connectivity index (χ2n) is 3.58. The Morgan fingerprint density at radius 2 is 1.85 bits per heavy atom. The molecule has 0 saturated carbocycles. The maximum Gasteiger partial charge on any atom is 0.115 e. The lowest BCUT2D eigenvalue weighted by molar-refractivity contribution is 0.475. The molecule has 0 aliphatic rings. The molecule has 0 saturated heterocycles. The van der Waals surface area contributed by atoms with Gasteiger partial charge in [0, 0.05) is 5.75 Å². The summed E-state index contributed by atoms with van der Waals surface area (Å²) in [5, 5.41) is 9.06. The molecule has 0 heterocycles. The van der Waals surface area contributed by atoms with Gasteiger partial charge in [-0.25, -0.2) is 0 Å². The summed E-state index contributed by atoms with van der Waals surface area (Å²) >= 11 is 1.94. The van der Waals surface area contributed by atoms with E-state index >= 15 is 0 Å². The van der Waals surface area contributed by atoms with Crippen LogP contribution in [0.1, 0.15) is 19.4 Å². The van der Waals surface area contributed by atoms with Gasteiger partial charge in [0.15, 0.2) is 0 Å². The molecule has 13 heavy (non-hydrogen) atoms. The first-order valence-electron chi connectivity index (χ1n) is 4.54. The molecule has 0 bridgehead atoms. The molecule has 0 aliphatic carbocycles. The van der Waals surface area contributed by atoms with E-state index < -0.39 is 0 Å². The summed E-state index contributed by atoms with van der Waals surface area (Å²) in [6.07, 6.45) is 0. The van der Waals surface area contributed by atoms with Crippen LogP contribution in [0.25, 0.3) is 0 Å². The van der Waals surface area contributed by atoms with Crippen molar-refractivity contribution in [3.8, 4) is 5.75 Å². The Kier molecular flexibility index (Phi) is 4.16. The first-order valence-corrected chi connectivity index (χ1v) is 5.69. The van der Waals surface area contributed by atoms with E-state index in [4.69, 9.17) is 5.11 Å². The van der Waals surface area contributed by atoms with Gasteiger partial charge >= 0.3 is 0 Å². The van der Waals surface area contributed by atoms with Crippen molar-refractivity contribution in [2.24, 2.45) is 5.92 Å². The van der Waals surface area contributed by atoms with Crippen LogP contribution in [0.2, 0.25) is 0 Å². The van der Waals surface area contributed by atoms with Gasteiger partial charge in [-0.05, 0) is 29.4 Å². The van der Waals surface area contributed by atoms with Crippen LogP contribution in [0.5, 0.6) is 5.75 Å². The molecule has 0 spiro atoms. The Balaban J connectivity index is 2.33. The zero-order valence-electron chi connectivity index (χ0n) is 8.16. The number of phenolic OH excluding ortho intramolecular Hbond substituents is 1. The largest absolute Gasteiger partial charge is 0.508 e. The molecule has 1 aromatic carbocycles. The number of thioether (sulfide) groups is 1. The maximum atomic E-state index is 9.06. The summed E-state index contributed by atoms with van der Waals surface area (Å²) < 4.78 is 0. The predicted octanol–water partition coefficient (Wildman–Crippen LogP) is 3.28. The molecule has 1 nitrogen and oxygen atoms in total. The zero-order valence-corrected chi connectivity index (χ0v) is 8.97. The Morgan fingerprint density at radius 1 is 1.23 bits per heavy atom. The smallest absolute Gasteiger partial charge is 0.115 e. The standard InChI is InChI=1S/C11H16OS/c1-9(2)7-13-8-10-3-5-11(12)6-4-10/h3-6,9,12H,7-8H2,1-2H3. The van der Waals surface area contributed by atoms with E-state index in [0.717, 1.165) is 11.7 Å². The number of hydrogen-bond donors (Lipinski definition) is 1. The van der Waals surface area contributed by atoms with E-state index in [0.29, 0.717) is 5.75 Å². The molecule has 0 radical (unpaired) electrons. The number of rotatable bonds is 4. The molecule has 0 amide bonds. The van der Waals surface area contributed by atoms with Crippen molar-refractivity contribution in [3.05, 3.63) is 29.8 Å². The monoisotopic (exact) mass is 196 g/mol. The fourth-order valence-electron chi connectivity index (χ4n) is 1.00. The van der Waals surface area contributed by atoms with Crippen molar-refractivity contribution in [3.63, 3.8) is 0 Å². The van der Waals surface area contributed by atoms with Crippen molar-refractivity contribution in [2.75, 3.05) is 5.75 Å². The van der Waals surface area contributed by atoms with Gasteiger partial charge in [-0.2, -0.15) is 11.8 Å². The van der Waals surface area contributed by atoms with Gasteiger partial charge in [0.25, 0.3) is 0 Å². The third-order valence-electron chi connectivity index (χ3n) is 1.66. The van der Waals surface area contributed by atoms with E-state index in [9.17, 15) is 0 Å². The van der Waals surface area contributed by atoms with Crippen molar-refractivity contribution < 1.29 is 5.11 Å². The summed E-state index contributed by atoms with van der Waals surface area (Å²) in [4.78, 5) is 0. The van der Waals surface area contributed by atoms with Crippen LogP contribution < -0.4 is 0 Å². The fourth-order valence-corrected chi connectivity index (χ4v) is 2.02. The molecule has 1 rings (SSSR count). The highest BCUT2D eigenvalue weighted by Crippen LogP contribution is 2.17. The quantitative estimate of drug-likeness (QED) is 0.797. The topological polar surface area (TPSA) is 20.2 Å². The van der Waals surface area contributed by atoms with Crippen molar-refractivity contribution in [2.45, 2.75) is 19.6 Å². The lowest BCUT2D eigenvalue weighted by atomic mass is 10.2. The van der Waals surface area contributed by atoms with Gasteiger partial charge < -0.3 is 5.11 Å². The summed E-state index contributed by atoms with van der Waals surface area (Å²) in [5.74, 6) is 3.33. The lowest BCUT2D eigenvalue weighted by Crippen LogP contribution is -1.91. The van der Waals surface area contributed by atoms with Crippen molar-refractivity contribution in [1.82, 2.24) is 0 Å². The molecule has 0 aliphatic heterocycles. The number of benzene rings is 1. The van der Waals surface area contributed by atoms with Crippen LogP contribution >= 0.6 is 11.8 Å². The van der Waals surface area contributed by atoms with Crippen molar-refractivity contribution >= 4 is 11.8 Å². The third-order valence-corrected chi connectivity index (χ3v) is 3.10. The predicted molar refractivity (Wildman–Crippen MR) is 59.1 cm³/mol. The van der Waals surface area contributed by atoms with Gasteiger partial charge in [0.1, 0.15) is 5.75 Å². The molecule has 1 N–H and O–H groups in total. The van der Waals surface area contributed by atoms with Crippen LogP contribution in [0.15, 0.2) is 24.3 Å². The average Bonchev–Trinajstić information content (AvgIpc) is 2.08. The van der Waals surface area contributed by atoms with Gasteiger partial charge in [0.2, 0.25) is 0 Å². The second kappa shape index (κ2) is 5.18. The minimum atomic E-state index is 0.345. The van der Waals surface area contributed by atoms with E-state index in [-0.39, 0.29) is 0 Å². The van der Waals surface area contributed by atoms with E-state index in [1.54, 1.807) is 12.1 Å². The van der Waals surface area contributed by atoms with Crippen LogP contribution in [0.4, 0.5) is 0 Å². The first kappa shape index (κ1) is 10.5. The van der Waals surface area contributed by atoms with Gasteiger partial charge in [-0.3, -0.25) is 0 Å². The molecular formula is C11H16OS. The molecule has 1 aromatic rings. The number of phenols is 1. The normalized spacial score (nSPS) is 10.7. The maximum absolute atomic E-state index is 9.06. The molecule has 72 valence electrons. The Morgan fingerprint density at radius 3 is 2.38 bits per heavy atom. The summed E-state index contributed by atoms with van der Waals surface area (Å²) in [7, 11) is 0. The lowest BCUT2D eigenvalue weighted by Gasteiger charge is -2.04. The molecule has 0 unspecified atom stereocenters. The van der Waals surface area contributed by atoms with Crippen LogP contribution in [0, 0.1) is 5.92 Å². The third kappa shape index (κ3) is 4.23. The molecule has 0 aromatic heterocycles. The SMILES string of the molecule is CC(C)CSCc1ccc(O)cc1. The summed E-state index contributed by atoms with van der Waals surface area (Å²) in [5.41, 5.74) is 1.28. The summed E-state index contributed by atoms with van der Waals surface area (Å²) in [6.45, 7) is 4.45. The average molecular weight is 196 g/mol. The van der Waals surface area contributed by atoms with Gasteiger partial charge in [0.05, 0.1) is 0 Å². The van der Waals surface area contributed by atoms with Crippen molar-refractivity contribution in [1.29, 1.82) is 0 Å². The Hall–Kier alpha value is -0.630. The Labute approximate surface area is 84.2 Å². The van der Waals surface area contributed by atoms with E-state index in [1.807, 2.05) is 23.9 Å². The Bertz CT molecular complexity index is 241. The van der Waals surface area contributed by atoms with Crippen LogP contribution in [-0.2, 0) is 5.75 Å². The number of aromatic hydroxyl groups is 1. The minimum Gasteiger partial charge on any atom is -0.508 e. The van der Waals surface area contributed by atoms with Crippen LogP contribution in [-0.4, -0.2) is 10.9 Å². The summed E-state index contributed by atoms with van der Waals surface area (Å²) in [6, 6.07) is 7.43. The number of hydrogen-bond acceptors (Lipinski definition) is 2. The van der Waals surface area contributed by atoms with E-state index in [1.165, 1.54) is 11.3 Å². The highest BCUT2D eigenvalue weighted by atomic mass is 32.2. The molecule has 2 heteroatoms.